The Morgan fingerprint density at radius 3 is 2.71 bits per heavy atom. The van der Waals surface area contributed by atoms with Crippen molar-refractivity contribution in [1.82, 2.24) is 13.9 Å². The second-order valence-electron chi connectivity index (χ2n) is 9.47. The van der Waals surface area contributed by atoms with E-state index in [9.17, 15) is 12.8 Å². The van der Waals surface area contributed by atoms with E-state index >= 15 is 0 Å². The molecule has 1 aliphatic heterocycles. The van der Waals surface area contributed by atoms with Crippen LogP contribution >= 0.6 is 23.4 Å². The van der Waals surface area contributed by atoms with Crippen LogP contribution in [0.2, 0.25) is 5.02 Å². The molecule has 0 amide bonds. The number of rotatable bonds is 6. The lowest BCUT2D eigenvalue weighted by Crippen LogP contribution is -2.39. The van der Waals surface area contributed by atoms with Crippen molar-refractivity contribution in [3.8, 4) is 0 Å². The molecule has 5 nitrogen and oxygen atoms in total. The minimum atomic E-state index is -3.56. The number of halogens is 2. The van der Waals surface area contributed by atoms with E-state index in [2.05, 4.69) is 11.5 Å². The van der Waals surface area contributed by atoms with Crippen LogP contribution in [0.5, 0.6) is 0 Å². The van der Waals surface area contributed by atoms with E-state index in [1.807, 2.05) is 6.07 Å². The van der Waals surface area contributed by atoms with Crippen LogP contribution < -0.4 is 0 Å². The number of nitrogens with zero attached hydrogens (tertiary/aromatic N) is 3. The zero-order valence-corrected chi connectivity index (χ0v) is 21.6. The maximum atomic E-state index is 14.5. The molecular weight excluding hydrogens is 493 g/mol. The summed E-state index contributed by atoms with van der Waals surface area (Å²) in [5, 5.41) is 0.909. The Morgan fingerprint density at radius 1 is 1.15 bits per heavy atom. The van der Waals surface area contributed by atoms with Gasteiger partial charge in [-0.2, -0.15) is 4.31 Å². The Morgan fingerprint density at radius 2 is 1.94 bits per heavy atom. The van der Waals surface area contributed by atoms with Crippen LogP contribution in [-0.4, -0.2) is 35.4 Å². The first-order valence-corrected chi connectivity index (χ1v) is 14.7. The van der Waals surface area contributed by atoms with Gasteiger partial charge in [-0.15, -0.1) is 0 Å². The van der Waals surface area contributed by atoms with Crippen LogP contribution in [0.15, 0.2) is 46.5 Å². The first-order valence-electron chi connectivity index (χ1n) is 11.9. The highest BCUT2D eigenvalue weighted by Gasteiger charge is 2.30. The van der Waals surface area contributed by atoms with Crippen LogP contribution in [0.25, 0.3) is 11.0 Å². The van der Waals surface area contributed by atoms with E-state index in [0.29, 0.717) is 46.8 Å². The fourth-order valence-electron chi connectivity index (χ4n) is 5.15. The Balaban J connectivity index is 1.50. The van der Waals surface area contributed by atoms with Crippen molar-refractivity contribution in [1.29, 1.82) is 0 Å². The fraction of sp³-hybridized carbons (Fsp3) is 0.480. The minimum Gasteiger partial charge on any atom is -0.316 e. The average molecular weight is 522 g/mol. The van der Waals surface area contributed by atoms with Crippen LogP contribution in [0.3, 0.4) is 0 Å². The Bertz CT molecular complexity index is 1300. The number of hydrogen-bond acceptors (Lipinski definition) is 4. The molecule has 182 valence electrons. The zero-order valence-electron chi connectivity index (χ0n) is 19.2. The number of fused-ring (bicyclic) bond motifs is 1. The molecular formula is C25H29ClFN3O2S2. The van der Waals surface area contributed by atoms with Gasteiger partial charge in [0.05, 0.1) is 21.0 Å². The summed E-state index contributed by atoms with van der Waals surface area (Å²) in [6, 6.07) is 10.7. The van der Waals surface area contributed by atoms with Gasteiger partial charge in [0.1, 0.15) is 5.82 Å². The molecule has 0 radical (unpaired) electrons. The standard InChI is InChI=1S/C25H29ClFN3O2S2/c1-17-6-5-13-29(15-17)34(31,32)20-11-12-23-22(14-20)28-25(30(23)19-8-2-3-9-19)33-16-18-7-4-10-21(26)24(18)27/h4,7,10-12,14,17,19H,2-3,5-6,8-9,13,15-16H2,1H3/t17-/m0/s1. The maximum Gasteiger partial charge on any atom is 0.243 e. The highest BCUT2D eigenvalue weighted by Crippen LogP contribution is 2.38. The predicted molar refractivity (Wildman–Crippen MR) is 135 cm³/mol. The monoisotopic (exact) mass is 521 g/mol. The van der Waals surface area contributed by atoms with Gasteiger partial charge in [0.2, 0.25) is 10.0 Å². The van der Waals surface area contributed by atoms with Gasteiger partial charge in [0.25, 0.3) is 0 Å². The Kier molecular flexibility index (Phi) is 6.95. The van der Waals surface area contributed by atoms with Crippen LogP contribution in [0, 0.1) is 11.7 Å². The molecule has 1 aliphatic carbocycles. The van der Waals surface area contributed by atoms with Crippen molar-refractivity contribution in [3.63, 3.8) is 0 Å². The predicted octanol–water partition coefficient (Wildman–Crippen LogP) is 6.66. The fourth-order valence-corrected chi connectivity index (χ4v) is 8.02. The second kappa shape index (κ2) is 9.80. The highest BCUT2D eigenvalue weighted by molar-refractivity contribution is 7.98. The van der Waals surface area contributed by atoms with Crippen molar-refractivity contribution in [2.45, 2.75) is 67.3 Å². The molecule has 5 rings (SSSR count). The van der Waals surface area contributed by atoms with Gasteiger partial charge in [0, 0.05) is 24.9 Å². The summed E-state index contributed by atoms with van der Waals surface area (Å²) in [5.41, 5.74) is 2.14. The maximum absolute atomic E-state index is 14.5. The molecule has 2 aliphatic rings. The summed E-state index contributed by atoms with van der Waals surface area (Å²) in [4.78, 5) is 5.14. The van der Waals surface area contributed by atoms with Gasteiger partial charge in [0.15, 0.2) is 5.16 Å². The van der Waals surface area contributed by atoms with Gasteiger partial charge in [-0.3, -0.25) is 0 Å². The first-order chi connectivity index (χ1) is 16.3. The first kappa shape index (κ1) is 24.1. The molecule has 0 spiro atoms. The number of sulfonamides is 1. The topological polar surface area (TPSA) is 55.2 Å². The molecule has 0 bridgehead atoms. The van der Waals surface area contributed by atoms with Gasteiger partial charge in [-0.25, -0.2) is 17.8 Å². The summed E-state index contributed by atoms with van der Waals surface area (Å²) >= 11 is 7.43. The molecule has 0 unspecified atom stereocenters. The number of hydrogen-bond donors (Lipinski definition) is 0. The second-order valence-corrected chi connectivity index (χ2v) is 12.8. The third-order valence-electron chi connectivity index (χ3n) is 6.96. The molecule has 1 saturated carbocycles. The normalized spacial score (nSPS) is 20.4. The number of thioether (sulfide) groups is 1. The van der Waals surface area contributed by atoms with E-state index in [1.54, 1.807) is 34.6 Å². The van der Waals surface area contributed by atoms with E-state index in [-0.39, 0.29) is 5.02 Å². The molecule has 0 N–H and O–H groups in total. The molecule has 3 aromatic rings. The van der Waals surface area contributed by atoms with E-state index in [0.717, 1.165) is 49.2 Å². The summed E-state index contributed by atoms with van der Waals surface area (Å²) in [6.07, 6.45) is 6.41. The molecule has 1 saturated heterocycles. The number of aromatic nitrogens is 2. The molecule has 34 heavy (non-hydrogen) atoms. The van der Waals surface area contributed by atoms with Gasteiger partial charge in [-0.05, 0) is 61.4 Å². The van der Waals surface area contributed by atoms with Crippen molar-refractivity contribution in [2.24, 2.45) is 5.92 Å². The van der Waals surface area contributed by atoms with Crippen LogP contribution in [-0.2, 0) is 15.8 Å². The summed E-state index contributed by atoms with van der Waals surface area (Å²) in [7, 11) is -3.56. The summed E-state index contributed by atoms with van der Waals surface area (Å²) in [6.45, 7) is 3.22. The Labute approximate surface area is 209 Å². The molecule has 2 aromatic carbocycles. The molecule has 2 heterocycles. The molecule has 9 heteroatoms. The largest absolute Gasteiger partial charge is 0.316 e. The van der Waals surface area contributed by atoms with E-state index < -0.39 is 15.8 Å². The van der Waals surface area contributed by atoms with Crippen molar-refractivity contribution in [2.75, 3.05) is 13.1 Å². The summed E-state index contributed by atoms with van der Waals surface area (Å²) in [5.74, 6) is 0.368. The van der Waals surface area contributed by atoms with Gasteiger partial charge >= 0.3 is 0 Å². The number of benzene rings is 2. The average Bonchev–Trinajstić information content (AvgIpc) is 3.47. The zero-order chi connectivity index (χ0) is 23.9. The molecule has 2 fully saturated rings. The molecule has 1 atom stereocenters. The third-order valence-corrected chi connectivity index (χ3v) is 10.1. The van der Waals surface area contributed by atoms with Crippen molar-refractivity contribution in [3.05, 3.63) is 52.8 Å². The number of imidazole rings is 1. The number of piperidine rings is 1. The SMILES string of the molecule is C[C@H]1CCCN(S(=O)(=O)c2ccc3c(c2)nc(SCc2cccc(Cl)c2F)n3C2CCCC2)C1. The lowest BCUT2D eigenvalue weighted by molar-refractivity contribution is 0.281. The van der Waals surface area contributed by atoms with E-state index in [1.165, 1.54) is 11.8 Å². The van der Waals surface area contributed by atoms with Gasteiger partial charge in [-0.1, -0.05) is 55.3 Å². The Hall–Kier alpha value is -1.61. The quantitative estimate of drug-likeness (QED) is 0.340. The van der Waals surface area contributed by atoms with Gasteiger partial charge < -0.3 is 4.57 Å². The van der Waals surface area contributed by atoms with Crippen molar-refractivity contribution < 1.29 is 12.8 Å². The van der Waals surface area contributed by atoms with E-state index in [4.69, 9.17) is 16.6 Å². The lowest BCUT2D eigenvalue weighted by Gasteiger charge is -2.30. The molecule has 1 aromatic heterocycles. The lowest BCUT2D eigenvalue weighted by atomic mass is 10.0. The van der Waals surface area contributed by atoms with Crippen molar-refractivity contribution >= 4 is 44.4 Å². The highest BCUT2D eigenvalue weighted by atomic mass is 35.5. The summed E-state index contributed by atoms with van der Waals surface area (Å²) < 4.78 is 45.0. The van der Waals surface area contributed by atoms with Crippen LogP contribution in [0.1, 0.15) is 57.1 Å². The smallest absolute Gasteiger partial charge is 0.243 e. The minimum absolute atomic E-state index is 0.115. The third kappa shape index (κ3) is 4.62. The van der Waals surface area contributed by atoms with Crippen LogP contribution in [0.4, 0.5) is 4.39 Å².